The summed E-state index contributed by atoms with van der Waals surface area (Å²) in [5.41, 5.74) is 15.1. The number of hydrogen-bond donors (Lipinski definition) is 0. The lowest BCUT2D eigenvalue weighted by Gasteiger charge is -2.34. The van der Waals surface area contributed by atoms with Crippen LogP contribution in [0, 0.1) is 0 Å². The number of rotatable bonds is 11. The van der Waals surface area contributed by atoms with Crippen molar-refractivity contribution in [2.45, 2.75) is 6.42 Å². The predicted octanol–water partition coefficient (Wildman–Crippen LogP) is 16.2. The van der Waals surface area contributed by atoms with Crippen molar-refractivity contribution in [3.05, 3.63) is 351 Å². The van der Waals surface area contributed by atoms with E-state index in [2.05, 4.69) is 349 Å². The van der Waals surface area contributed by atoms with Crippen molar-refractivity contribution in [1.29, 1.82) is 0 Å². The molecule has 0 N–H and O–H groups in total. The molecule has 18 rings (SSSR count). The molecule has 422 valence electrons. The molecule has 0 unspecified atom stereocenters. The number of benzene rings is 14. The molecule has 1 aliphatic rings. The first-order valence-electron chi connectivity index (χ1n) is 31.3. The van der Waals surface area contributed by atoms with Crippen LogP contribution in [0.25, 0.3) is 97.4 Å². The smallest absolute Gasteiger partial charge is 0.179 e. The summed E-state index contributed by atoms with van der Waals surface area (Å²) in [5.74, 6) is 0. The fourth-order valence-corrected chi connectivity index (χ4v) is 26.5. The van der Waals surface area contributed by atoms with E-state index in [1.165, 1.54) is 144 Å². The minimum atomic E-state index is -2.77. The summed E-state index contributed by atoms with van der Waals surface area (Å²) in [6.45, 7) is 0. The van der Waals surface area contributed by atoms with E-state index in [0.29, 0.717) is 0 Å². The molecule has 0 amide bonds. The Bertz CT molecular complexity index is 5400. The van der Waals surface area contributed by atoms with E-state index in [1.54, 1.807) is 0 Å². The van der Waals surface area contributed by atoms with Crippen molar-refractivity contribution in [2.24, 2.45) is 0 Å². The average molecular weight is 1200 g/mol. The van der Waals surface area contributed by atoms with Crippen LogP contribution in [0.5, 0.6) is 0 Å². The molecule has 2 nitrogen and oxygen atoms in total. The van der Waals surface area contributed by atoms with Gasteiger partial charge >= 0.3 is 0 Å². The minimum Gasteiger partial charge on any atom is -0.309 e. The zero-order valence-electron chi connectivity index (χ0n) is 49.3. The molecule has 90 heavy (non-hydrogen) atoms. The largest absolute Gasteiger partial charge is 0.309 e. The highest BCUT2D eigenvalue weighted by atomic mass is 32.1. The Labute approximate surface area is 529 Å². The summed E-state index contributed by atoms with van der Waals surface area (Å²) < 4.78 is 7.66. The predicted molar refractivity (Wildman–Crippen MR) is 389 cm³/mol. The number of nitrogens with zero attached hydrogens (tertiary/aromatic N) is 2. The van der Waals surface area contributed by atoms with Gasteiger partial charge in [-0.15, -0.1) is 11.3 Å². The van der Waals surface area contributed by atoms with Crippen LogP contribution in [-0.2, 0) is 6.42 Å². The zero-order chi connectivity index (χ0) is 59.3. The van der Waals surface area contributed by atoms with Crippen molar-refractivity contribution < 1.29 is 0 Å². The maximum absolute atomic E-state index is 2.77. The third kappa shape index (κ3) is 7.87. The van der Waals surface area contributed by atoms with Crippen LogP contribution in [0.3, 0.4) is 0 Å². The molecule has 17 aromatic rings. The second-order valence-corrected chi connectivity index (χ2v) is 32.9. The van der Waals surface area contributed by atoms with Crippen LogP contribution in [0.4, 0.5) is 0 Å². The molecule has 0 saturated carbocycles. The van der Waals surface area contributed by atoms with Gasteiger partial charge in [-0.3, -0.25) is 0 Å². The van der Waals surface area contributed by atoms with E-state index >= 15 is 0 Å². The normalized spacial score (nSPS) is 12.4. The van der Waals surface area contributed by atoms with Gasteiger partial charge in [0.25, 0.3) is 0 Å². The lowest BCUT2D eigenvalue weighted by atomic mass is 9.99. The standard InChI is InChI=1S/C85H58N2SSi2/c1-9-25-61(26-10-1)86-80-50-42-58(53-76(80)72-47-46-71-75-56-69(44-41-60(75)55-79(71)83(72)86)89(63-29-13-3-14-30-63,64-31-15-4-16-32-64)65-33-17-5-18-34-65)59-43-51-81-77(54-59)73-48-49-74-78-57-70(45-52-82(78)88-85(74)84(73)87(81)62-27-11-2-12-28-62)90(66-35-19-6-20-36-66,67-37-21-7-22-38-67)68-39-23-8-24-40-68/h1-54,56-57H,55H2. The van der Waals surface area contributed by atoms with Crippen LogP contribution in [0.1, 0.15) is 11.1 Å². The van der Waals surface area contributed by atoms with Gasteiger partial charge < -0.3 is 9.13 Å². The lowest BCUT2D eigenvalue weighted by Crippen LogP contribution is -2.74. The number of thiophene rings is 1. The molecule has 3 heterocycles. The fraction of sp³-hybridized carbons (Fsp3) is 0.0118. The molecule has 1 aliphatic carbocycles. The maximum Gasteiger partial charge on any atom is 0.179 e. The highest BCUT2D eigenvalue weighted by Gasteiger charge is 2.43. The van der Waals surface area contributed by atoms with Gasteiger partial charge in [0.05, 0.1) is 26.8 Å². The maximum atomic E-state index is 2.57. The van der Waals surface area contributed by atoms with E-state index < -0.39 is 16.1 Å². The molecule has 0 atom stereocenters. The van der Waals surface area contributed by atoms with Crippen molar-refractivity contribution in [1.82, 2.24) is 9.13 Å². The topological polar surface area (TPSA) is 9.86 Å². The molecule has 0 spiro atoms. The highest BCUT2D eigenvalue weighted by molar-refractivity contribution is 7.27. The molecule has 0 fully saturated rings. The molecule has 0 aliphatic heterocycles. The number of aromatic nitrogens is 2. The SMILES string of the molecule is c1ccc(-n2c3ccc(-c4ccc5c(c4)c4ccc6c7cc([Si](c8ccccc8)(c8ccccc8)c8ccccc8)ccc7sc6c4n5-c4ccccc4)cc3c3ccc4c(c32)Cc2ccc([Si](c3ccccc3)(c3ccccc3)c3ccccc3)cc2-4)cc1. The van der Waals surface area contributed by atoms with Gasteiger partial charge in [-0.25, -0.2) is 0 Å². The van der Waals surface area contributed by atoms with Gasteiger partial charge in [0.1, 0.15) is 0 Å². The van der Waals surface area contributed by atoms with Crippen molar-refractivity contribution in [3.8, 4) is 33.6 Å². The Kier molecular flexibility index (Phi) is 12.2. The van der Waals surface area contributed by atoms with Crippen LogP contribution >= 0.6 is 11.3 Å². The zero-order valence-corrected chi connectivity index (χ0v) is 52.2. The molecule has 3 aromatic heterocycles. The van der Waals surface area contributed by atoms with Crippen molar-refractivity contribution in [2.75, 3.05) is 0 Å². The third-order valence-corrected chi connectivity index (χ3v) is 30.4. The Hall–Kier alpha value is -10.7. The van der Waals surface area contributed by atoms with E-state index in [-0.39, 0.29) is 0 Å². The van der Waals surface area contributed by atoms with Gasteiger partial charge in [0.2, 0.25) is 0 Å². The van der Waals surface area contributed by atoms with E-state index in [9.17, 15) is 0 Å². The summed E-state index contributed by atoms with van der Waals surface area (Å²) >= 11 is 1.92. The summed E-state index contributed by atoms with van der Waals surface area (Å²) in [6.07, 6.45) is 0.864. The highest BCUT2D eigenvalue weighted by Crippen LogP contribution is 2.47. The molecule has 0 bridgehead atoms. The fourth-order valence-electron chi connectivity index (χ4n) is 15.8. The first kappa shape index (κ1) is 52.5. The Morgan fingerprint density at radius 2 is 0.656 bits per heavy atom. The van der Waals surface area contributed by atoms with E-state index in [0.717, 1.165) is 12.1 Å². The summed E-state index contributed by atoms with van der Waals surface area (Å²) in [4.78, 5) is 0. The minimum absolute atomic E-state index is 0.864. The van der Waals surface area contributed by atoms with Crippen LogP contribution in [-0.4, -0.2) is 25.3 Å². The second-order valence-electron chi connectivity index (χ2n) is 24.2. The van der Waals surface area contributed by atoms with Crippen molar-refractivity contribution >= 4 is 133 Å². The third-order valence-electron chi connectivity index (χ3n) is 19.6. The molecule has 0 saturated heterocycles. The van der Waals surface area contributed by atoms with Gasteiger partial charge in [-0.05, 0) is 129 Å². The molecule has 0 radical (unpaired) electrons. The second kappa shape index (κ2) is 21.0. The molecular formula is C85H58N2SSi2. The van der Waals surface area contributed by atoms with Crippen LogP contribution in [0.15, 0.2) is 340 Å². The number of hydrogen-bond acceptors (Lipinski definition) is 1. The van der Waals surface area contributed by atoms with Crippen molar-refractivity contribution in [3.63, 3.8) is 0 Å². The van der Waals surface area contributed by atoms with Crippen LogP contribution in [0.2, 0.25) is 0 Å². The first-order valence-corrected chi connectivity index (χ1v) is 36.1. The van der Waals surface area contributed by atoms with Gasteiger partial charge in [-0.2, -0.15) is 0 Å². The summed E-state index contributed by atoms with van der Waals surface area (Å²) in [7, 11) is -5.52. The van der Waals surface area contributed by atoms with E-state index in [1.807, 2.05) is 11.3 Å². The van der Waals surface area contributed by atoms with Gasteiger partial charge in [0, 0.05) is 54.8 Å². The lowest BCUT2D eigenvalue weighted by molar-refractivity contribution is 1.15. The molecule has 5 heteroatoms. The van der Waals surface area contributed by atoms with Gasteiger partial charge in [-0.1, -0.05) is 285 Å². The van der Waals surface area contributed by atoms with Gasteiger partial charge in [0.15, 0.2) is 16.1 Å². The monoisotopic (exact) mass is 1190 g/mol. The first-order chi connectivity index (χ1) is 44.6. The van der Waals surface area contributed by atoms with E-state index in [4.69, 9.17) is 0 Å². The molecule has 14 aromatic carbocycles. The Balaban J connectivity index is 0.804. The Morgan fingerprint density at radius 3 is 1.12 bits per heavy atom. The Morgan fingerprint density at radius 1 is 0.267 bits per heavy atom. The molecular weight excluding hydrogens is 1140 g/mol. The number of fused-ring (bicyclic) bond motifs is 14. The summed E-state index contributed by atoms with van der Waals surface area (Å²) in [6, 6.07) is 129. The quantitative estimate of drug-likeness (QED) is 0.0902. The number of para-hydroxylation sites is 2. The summed E-state index contributed by atoms with van der Waals surface area (Å²) in [5, 5.41) is 18.7. The van der Waals surface area contributed by atoms with Crippen LogP contribution < -0.4 is 41.5 Å². The average Bonchev–Trinajstić information content (AvgIpc) is 1.51.